The summed E-state index contributed by atoms with van der Waals surface area (Å²) in [7, 11) is 1.56. The van der Waals surface area contributed by atoms with Gasteiger partial charge in [-0.15, -0.1) is 0 Å². The zero-order valence-electron chi connectivity index (χ0n) is 15.1. The van der Waals surface area contributed by atoms with Gasteiger partial charge >= 0.3 is 0 Å². The van der Waals surface area contributed by atoms with E-state index in [9.17, 15) is 14.0 Å². The van der Waals surface area contributed by atoms with Crippen LogP contribution in [0.2, 0.25) is 0 Å². The van der Waals surface area contributed by atoms with Crippen LogP contribution in [0, 0.1) is 5.82 Å². The summed E-state index contributed by atoms with van der Waals surface area (Å²) in [4.78, 5) is 26.3. The molecule has 1 aliphatic heterocycles. The van der Waals surface area contributed by atoms with Crippen molar-refractivity contribution in [3.8, 4) is 11.5 Å². The first kappa shape index (κ1) is 18.7. The molecule has 1 fully saturated rings. The van der Waals surface area contributed by atoms with Crippen LogP contribution in [-0.4, -0.2) is 37.6 Å². The van der Waals surface area contributed by atoms with Crippen molar-refractivity contribution in [1.29, 1.82) is 0 Å². The molecule has 1 aliphatic rings. The van der Waals surface area contributed by atoms with Gasteiger partial charge in [-0.1, -0.05) is 18.2 Å². The smallest absolute Gasteiger partial charge is 0.261 e. The van der Waals surface area contributed by atoms with E-state index in [2.05, 4.69) is 5.32 Å². The monoisotopic (exact) mass is 372 g/mol. The number of ether oxygens (including phenoxy) is 2. The van der Waals surface area contributed by atoms with Crippen LogP contribution in [0.15, 0.2) is 48.5 Å². The molecule has 1 heterocycles. The summed E-state index contributed by atoms with van der Waals surface area (Å²) in [6, 6.07) is 12.7. The minimum atomic E-state index is -0.886. The molecule has 0 unspecified atom stereocenters. The second kappa shape index (κ2) is 8.07. The number of anilines is 1. The van der Waals surface area contributed by atoms with E-state index in [1.54, 1.807) is 49.3 Å². The normalized spacial score (nSPS) is 17.5. The molecule has 2 atom stereocenters. The quantitative estimate of drug-likeness (QED) is 0.846. The minimum absolute atomic E-state index is 0.0145. The van der Waals surface area contributed by atoms with Crippen LogP contribution in [0.25, 0.3) is 0 Å². The molecule has 3 rings (SSSR count). The maximum Gasteiger partial charge on any atom is 0.261 e. The number of carbonyl (C=O) groups excluding carboxylic acids is 2. The van der Waals surface area contributed by atoms with Gasteiger partial charge in [-0.25, -0.2) is 4.39 Å². The predicted octanol–water partition coefficient (Wildman–Crippen LogP) is 2.52. The van der Waals surface area contributed by atoms with Gasteiger partial charge in [-0.3, -0.25) is 9.59 Å². The van der Waals surface area contributed by atoms with Crippen molar-refractivity contribution in [3.05, 3.63) is 54.3 Å². The third kappa shape index (κ3) is 4.36. The number of hydrogen-bond donors (Lipinski definition) is 1. The van der Waals surface area contributed by atoms with Crippen molar-refractivity contribution in [2.45, 2.75) is 25.5 Å². The Labute approximate surface area is 156 Å². The highest BCUT2D eigenvalue weighted by molar-refractivity contribution is 5.97. The number of benzene rings is 2. The maximum atomic E-state index is 13.7. The number of methoxy groups -OCH3 is 1. The lowest BCUT2D eigenvalue weighted by Gasteiger charge is -2.20. The lowest BCUT2D eigenvalue weighted by molar-refractivity contribution is -0.128. The summed E-state index contributed by atoms with van der Waals surface area (Å²) in [5.41, 5.74) is 0.715. The van der Waals surface area contributed by atoms with Gasteiger partial charge in [-0.05, 0) is 31.2 Å². The average molecular weight is 372 g/mol. The first-order chi connectivity index (χ1) is 13.0. The molecule has 2 amide bonds. The fourth-order valence-electron chi connectivity index (χ4n) is 2.94. The summed E-state index contributed by atoms with van der Waals surface area (Å²) in [5.74, 6) is -0.350. The largest absolute Gasteiger partial charge is 0.497 e. The Morgan fingerprint density at radius 3 is 2.78 bits per heavy atom. The molecule has 27 heavy (non-hydrogen) atoms. The van der Waals surface area contributed by atoms with Crippen LogP contribution in [-0.2, 0) is 9.59 Å². The fourth-order valence-corrected chi connectivity index (χ4v) is 2.94. The summed E-state index contributed by atoms with van der Waals surface area (Å²) in [6.45, 7) is 1.89. The first-order valence-corrected chi connectivity index (χ1v) is 8.64. The molecule has 0 saturated carbocycles. The first-order valence-electron chi connectivity index (χ1n) is 8.64. The van der Waals surface area contributed by atoms with Gasteiger partial charge in [0.25, 0.3) is 5.91 Å². The zero-order chi connectivity index (χ0) is 19.4. The van der Waals surface area contributed by atoms with E-state index in [0.29, 0.717) is 18.0 Å². The van der Waals surface area contributed by atoms with Gasteiger partial charge in [0.15, 0.2) is 17.7 Å². The van der Waals surface area contributed by atoms with Gasteiger partial charge in [0, 0.05) is 24.7 Å². The van der Waals surface area contributed by atoms with Gasteiger partial charge in [0.2, 0.25) is 5.91 Å². The van der Waals surface area contributed by atoms with Gasteiger partial charge in [0.1, 0.15) is 5.75 Å². The number of carbonyl (C=O) groups is 2. The second-order valence-corrected chi connectivity index (χ2v) is 6.31. The van der Waals surface area contributed by atoms with E-state index >= 15 is 0 Å². The second-order valence-electron chi connectivity index (χ2n) is 6.31. The Balaban J connectivity index is 1.60. The van der Waals surface area contributed by atoms with E-state index in [1.165, 1.54) is 12.1 Å². The van der Waals surface area contributed by atoms with Crippen LogP contribution >= 0.6 is 0 Å². The van der Waals surface area contributed by atoms with Crippen LogP contribution in [0.3, 0.4) is 0 Å². The summed E-state index contributed by atoms with van der Waals surface area (Å²) < 4.78 is 24.2. The Bertz CT molecular complexity index is 842. The number of halogens is 1. The van der Waals surface area contributed by atoms with Crippen molar-refractivity contribution in [2.75, 3.05) is 18.6 Å². The van der Waals surface area contributed by atoms with Gasteiger partial charge in [0.05, 0.1) is 13.2 Å². The summed E-state index contributed by atoms with van der Waals surface area (Å²) >= 11 is 0. The Morgan fingerprint density at radius 1 is 1.26 bits per heavy atom. The number of nitrogens with zero attached hydrogens (tertiary/aromatic N) is 1. The highest BCUT2D eigenvalue weighted by Crippen LogP contribution is 2.25. The topological polar surface area (TPSA) is 67.9 Å². The van der Waals surface area contributed by atoms with Crippen LogP contribution < -0.4 is 19.7 Å². The third-order valence-electron chi connectivity index (χ3n) is 4.35. The Morgan fingerprint density at radius 2 is 2.04 bits per heavy atom. The molecule has 7 heteroatoms. The summed E-state index contributed by atoms with van der Waals surface area (Å²) in [5, 5.41) is 2.80. The molecular formula is C20H21FN2O4. The molecule has 0 spiro atoms. The lowest BCUT2D eigenvalue weighted by Crippen LogP contribution is -2.43. The number of para-hydroxylation sites is 1. The number of rotatable bonds is 6. The molecule has 0 radical (unpaired) electrons. The van der Waals surface area contributed by atoms with Crippen molar-refractivity contribution < 1.29 is 23.5 Å². The van der Waals surface area contributed by atoms with Gasteiger partial charge in [-0.2, -0.15) is 0 Å². The highest BCUT2D eigenvalue weighted by atomic mass is 19.1. The van der Waals surface area contributed by atoms with Gasteiger partial charge < -0.3 is 19.7 Å². The highest BCUT2D eigenvalue weighted by Gasteiger charge is 2.33. The van der Waals surface area contributed by atoms with Crippen molar-refractivity contribution in [2.24, 2.45) is 0 Å². The lowest BCUT2D eigenvalue weighted by atomic mass is 10.2. The third-order valence-corrected chi connectivity index (χ3v) is 4.35. The van der Waals surface area contributed by atoms with E-state index < -0.39 is 17.8 Å². The molecule has 2 aromatic carbocycles. The molecular weight excluding hydrogens is 351 g/mol. The summed E-state index contributed by atoms with van der Waals surface area (Å²) in [6.07, 6.45) is -0.696. The SMILES string of the molecule is COc1cccc(N2C[C@H](NC(=O)[C@@H](C)Oc3ccccc3F)CC2=O)c1. The van der Waals surface area contributed by atoms with Crippen molar-refractivity contribution in [3.63, 3.8) is 0 Å². The molecule has 2 aromatic rings. The van der Waals surface area contributed by atoms with Crippen LogP contribution in [0.1, 0.15) is 13.3 Å². The van der Waals surface area contributed by atoms with E-state index in [-0.39, 0.29) is 24.1 Å². The Hall–Kier alpha value is -3.09. The minimum Gasteiger partial charge on any atom is -0.497 e. The Kier molecular flexibility index (Phi) is 5.59. The van der Waals surface area contributed by atoms with E-state index in [0.717, 1.165) is 0 Å². The average Bonchev–Trinajstić information content (AvgIpc) is 3.03. The molecule has 0 aromatic heterocycles. The molecule has 6 nitrogen and oxygen atoms in total. The molecule has 1 saturated heterocycles. The number of amides is 2. The van der Waals surface area contributed by atoms with Crippen LogP contribution in [0.5, 0.6) is 11.5 Å². The van der Waals surface area contributed by atoms with Crippen molar-refractivity contribution >= 4 is 17.5 Å². The standard InChI is InChI=1S/C20H21FN2O4/c1-13(27-18-9-4-3-8-17(18)21)20(25)22-14-10-19(24)23(12-14)15-6-5-7-16(11-15)26-2/h3-9,11,13-14H,10,12H2,1-2H3,(H,22,25)/t13-,14-/m1/s1. The zero-order valence-corrected chi connectivity index (χ0v) is 15.1. The van der Waals surface area contributed by atoms with E-state index in [1.807, 2.05) is 6.07 Å². The van der Waals surface area contributed by atoms with Crippen molar-refractivity contribution in [1.82, 2.24) is 5.32 Å². The predicted molar refractivity (Wildman–Crippen MR) is 98.4 cm³/mol. The fraction of sp³-hybridized carbons (Fsp3) is 0.300. The molecule has 1 N–H and O–H groups in total. The maximum absolute atomic E-state index is 13.7. The number of nitrogens with one attached hydrogen (secondary N) is 1. The number of hydrogen-bond acceptors (Lipinski definition) is 4. The molecule has 142 valence electrons. The van der Waals surface area contributed by atoms with E-state index in [4.69, 9.17) is 9.47 Å². The molecule has 0 bridgehead atoms. The molecule has 0 aliphatic carbocycles. The van der Waals surface area contributed by atoms with Crippen LogP contribution in [0.4, 0.5) is 10.1 Å².